The highest BCUT2D eigenvalue weighted by molar-refractivity contribution is 7.56. The lowest BCUT2D eigenvalue weighted by molar-refractivity contribution is 0.0762. The molecule has 1 N–H and O–H groups in total. The molecular weight excluding hydrogens is 323 g/mol. The van der Waals surface area contributed by atoms with Crippen molar-refractivity contribution in [3.63, 3.8) is 0 Å². The molecule has 0 aromatic heterocycles. The van der Waals surface area contributed by atoms with Gasteiger partial charge in [-0.1, -0.05) is 44.9 Å². The van der Waals surface area contributed by atoms with E-state index >= 15 is 0 Å². The Morgan fingerprint density at radius 2 is 1.76 bits per heavy atom. The van der Waals surface area contributed by atoms with Crippen molar-refractivity contribution in [2.75, 3.05) is 12.8 Å². The third-order valence-electron chi connectivity index (χ3n) is 6.58. The number of aryl methyl sites for hydroxylation is 1. The Labute approximate surface area is 156 Å². The number of rotatable bonds is 5. The van der Waals surface area contributed by atoms with Gasteiger partial charge in [0.2, 0.25) is 0 Å². The molecule has 3 atom stereocenters. The minimum absolute atomic E-state index is 0.00870. The van der Waals surface area contributed by atoms with Crippen molar-refractivity contribution in [3.05, 3.63) is 28.8 Å². The molecule has 1 nitrogen and oxygen atoms in total. The van der Waals surface area contributed by atoms with E-state index in [4.69, 9.17) is 0 Å². The third kappa shape index (κ3) is 4.08. The van der Waals surface area contributed by atoms with E-state index < -0.39 is 0 Å². The van der Waals surface area contributed by atoms with E-state index in [2.05, 4.69) is 46.5 Å². The SMILES string of the molecule is CCCP(C)Cc1cc(C)cc(C23CC(C)CC(CC(C)C2)C3)c1O. The second-order valence-electron chi connectivity index (χ2n) is 9.50. The first kappa shape index (κ1) is 19.2. The summed E-state index contributed by atoms with van der Waals surface area (Å²) in [5.74, 6) is 3.09. The molecule has 1 aromatic carbocycles. The first-order valence-corrected chi connectivity index (χ1v) is 12.5. The van der Waals surface area contributed by atoms with Gasteiger partial charge in [0.1, 0.15) is 5.75 Å². The Morgan fingerprint density at radius 1 is 1.12 bits per heavy atom. The van der Waals surface area contributed by atoms with Crippen molar-refractivity contribution in [1.82, 2.24) is 0 Å². The quantitative estimate of drug-likeness (QED) is 0.571. The zero-order valence-electron chi connectivity index (χ0n) is 16.9. The molecule has 2 aliphatic rings. The molecule has 2 saturated carbocycles. The van der Waals surface area contributed by atoms with Crippen LogP contribution < -0.4 is 0 Å². The van der Waals surface area contributed by atoms with E-state index in [9.17, 15) is 5.11 Å². The van der Waals surface area contributed by atoms with Crippen LogP contribution in [0, 0.1) is 24.7 Å². The lowest BCUT2D eigenvalue weighted by Gasteiger charge is -2.50. The molecule has 2 aliphatic carbocycles. The van der Waals surface area contributed by atoms with Crippen molar-refractivity contribution in [2.24, 2.45) is 17.8 Å². The first-order chi connectivity index (χ1) is 11.8. The monoisotopic (exact) mass is 360 g/mol. The smallest absolute Gasteiger partial charge is 0.122 e. The summed E-state index contributed by atoms with van der Waals surface area (Å²) in [7, 11) is -0.00870. The molecule has 0 amide bonds. The van der Waals surface area contributed by atoms with Crippen LogP contribution in [-0.4, -0.2) is 17.9 Å². The molecule has 0 saturated heterocycles. The Balaban J connectivity index is 1.99. The molecule has 1 aromatic rings. The van der Waals surface area contributed by atoms with Gasteiger partial charge in [0.15, 0.2) is 0 Å². The number of phenols is 1. The van der Waals surface area contributed by atoms with Crippen LogP contribution in [0.2, 0.25) is 0 Å². The number of hydrogen-bond acceptors (Lipinski definition) is 1. The normalized spacial score (nSPS) is 33.2. The summed E-state index contributed by atoms with van der Waals surface area (Å²) in [6.07, 6.45) is 10.2. The highest BCUT2D eigenvalue weighted by Crippen LogP contribution is 2.56. The summed E-state index contributed by atoms with van der Waals surface area (Å²) in [5.41, 5.74) is 4.08. The third-order valence-corrected chi connectivity index (χ3v) is 8.67. The Bertz CT molecular complexity index is 589. The van der Waals surface area contributed by atoms with E-state index in [1.54, 1.807) is 0 Å². The summed E-state index contributed by atoms with van der Waals surface area (Å²) >= 11 is 0. The van der Waals surface area contributed by atoms with Crippen LogP contribution >= 0.6 is 7.92 Å². The van der Waals surface area contributed by atoms with Crippen LogP contribution in [0.1, 0.15) is 76.0 Å². The predicted molar refractivity (Wildman–Crippen MR) is 111 cm³/mol. The molecule has 0 aliphatic heterocycles. The van der Waals surface area contributed by atoms with Crippen LogP contribution in [0.5, 0.6) is 5.75 Å². The van der Waals surface area contributed by atoms with Gasteiger partial charge in [-0.05, 0) is 86.7 Å². The summed E-state index contributed by atoms with van der Waals surface area (Å²) in [6, 6.07) is 4.57. The maximum Gasteiger partial charge on any atom is 0.122 e. The van der Waals surface area contributed by atoms with Gasteiger partial charge in [-0.3, -0.25) is 0 Å². The molecule has 3 unspecified atom stereocenters. The maximum atomic E-state index is 11.3. The van der Waals surface area contributed by atoms with Crippen LogP contribution in [-0.2, 0) is 11.6 Å². The van der Waals surface area contributed by atoms with E-state index in [1.807, 2.05) is 0 Å². The van der Waals surface area contributed by atoms with E-state index in [-0.39, 0.29) is 13.3 Å². The van der Waals surface area contributed by atoms with Gasteiger partial charge in [0.05, 0.1) is 0 Å². The molecule has 3 rings (SSSR count). The van der Waals surface area contributed by atoms with Gasteiger partial charge in [0.25, 0.3) is 0 Å². The van der Waals surface area contributed by atoms with Crippen LogP contribution in [0.15, 0.2) is 12.1 Å². The van der Waals surface area contributed by atoms with Crippen molar-refractivity contribution in [2.45, 2.75) is 77.8 Å². The highest BCUT2D eigenvalue weighted by atomic mass is 31.1. The number of fused-ring (bicyclic) bond motifs is 2. The standard InChI is InChI=1S/C23H37OP/c1-6-7-25(5)15-20-10-16(2)11-21(22(20)24)23-12-17(3)8-19(14-23)9-18(4)13-23/h10-11,17-19,24H,6-9,12-15H2,1-5H3. The molecule has 0 heterocycles. The second kappa shape index (κ2) is 7.59. The molecule has 0 radical (unpaired) electrons. The van der Waals surface area contributed by atoms with Crippen molar-refractivity contribution in [3.8, 4) is 5.75 Å². The van der Waals surface area contributed by atoms with Gasteiger partial charge < -0.3 is 5.11 Å². The molecule has 2 heteroatoms. The minimum Gasteiger partial charge on any atom is -0.507 e. The number of hydrogen-bond donors (Lipinski definition) is 1. The van der Waals surface area contributed by atoms with Crippen LogP contribution in [0.25, 0.3) is 0 Å². The Hall–Kier alpha value is -0.550. The molecule has 25 heavy (non-hydrogen) atoms. The molecule has 2 bridgehead atoms. The minimum atomic E-state index is -0.00870. The van der Waals surface area contributed by atoms with Crippen LogP contribution in [0.3, 0.4) is 0 Å². The lowest BCUT2D eigenvalue weighted by Crippen LogP contribution is -2.42. The van der Waals surface area contributed by atoms with Crippen molar-refractivity contribution >= 4 is 7.92 Å². The lowest BCUT2D eigenvalue weighted by atomic mass is 9.54. The predicted octanol–water partition coefficient (Wildman–Crippen LogP) is 6.83. The maximum absolute atomic E-state index is 11.3. The number of phenolic OH excluding ortho intramolecular Hbond substituents is 1. The molecule has 0 spiro atoms. The Kier molecular flexibility index (Phi) is 5.84. The topological polar surface area (TPSA) is 20.2 Å². The second-order valence-corrected chi connectivity index (χ2v) is 12.0. The van der Waals surface area contributed by atoms with Gasteiger partial charge in [0, 0.05) is 5.56 Å². The van der Waals surface area contributed by atoms with E-state index in [0.717, 1.165) is 23.9 Å². The Morgan fingerprint density at radius 3 is 2.36 bits per heavy atom. The van der Waals surface area contributed by atoms with Gasteiger partial charge >= 0.3 is 0 Å². The largest absolute Gasteiger partial charge is 0.507 e. The summed E-state index contributed by atoms with van der Waals surface area (Å²) in [4.78, 5) is 0. The van der Waals surface area contributed by atoms with E-state index in [0.29, 0.717) is 5.75 Å². The van der Waals surface area contributed by atoms with Crippen molar-refractivity contribution in [1.29, 1.82) is 0 Å². The fourth-order valence-electron chi connectivity index (χ4n) is 6.16. The number of benzene rings is 1. The fraction of sp³-hybridized carbons (Fsp3) is 0.739. The molecule has 140 valence electrons. The average molecular weight is 361 g/mol. The van der Waals surface area contributed by atoms with Crippen molar-refractivity contribution < 1.29 is 5.11 Å². The highest BCUT2D eigenvalue weighted by Gasteiger charge is 2.46. The summed E-state index contributed by atoms with van der Waals surface area (Å²) in [6.45, 7) is 11.7. The summed E-state index contributed by atoms with van der Waals surface area (Å²) in [5, 5.41) is 11.3. The average Bonchev–Trinajstić information content (AvgIpc) is 2.49. The van der Waals surface area contributed by atoms with Gasteiger partial charge in [-0.15, -0.1) is 7.92 Å². The summed E-state index contributed by atoms with van der Waals surface area (Å²) < 4.78 is 0. The van der Waals surface area contributed by atoms with Crippen LogP contribution in [0.4, 0.5) is 0 Å². The molecular formula is C23H37OP. The number of aromatic hydroxyl groups is 1. The van der Waals surface area contributed by atoms with Gasteiger partial charge in [-0.25, -0.2) is 0 Å². The van der Waals surface area contributed by atoms with Gasteiger partial charge in [-0.2, -0.15) is 0 Å². The zero-order chi connectivity index (χ0) is 18.2. The fourth-order valence-corrected chi connectivity index (χ4v) is 7.91. The zero-order valence-corrected chi connectivity index (χ0v) is 17.8. The first-order valence-electron chi connectivity index (χ1n) is 10.3. The molecule has 2 fully saturated rings. The van der Waals surface area contributed by atoms with E-state index in [1.165, 1.54) is 61.4 Å².